The largest absolute Gasteiger partial charge is 0.354 e. The van der Waals surface area contributed by atoms with Crippen molar-refractivity contribution in [3.8, 4) is 11.4 Å². The monoisotopic (exact) mass is 279 g/mol. The summed E-state index contributed by atoms with van der Waals surface area (Å²) in [5.74, 6) is 1.04. The summed E-state index contributed by atoms with van der Waals surface area (Å²) in [6, 6.07) is 12.2. The number of hydrogen-bond donors (Lipinski definition) is 1. The zero-order chi connectivity index (χ0) is 14.1. The first-order valence-corrected chi connectivity index (χ1v) is 7.27. The fraction of sp³-hybridized carbons (Fsp3) is 0.250. The molecule has 0 spiro atoms. The van der Waals surface area contributed by atoms with Crippen LogP contribution in [0.5, 0.6) is 0 Å². The summed E-state index contributed by atoms with van der Waals surface area (Å²) in [6.07, 6.45) is 3.91. The van der Waals surface area contributed by atoms with Crippen molar-refractivity contribution in [2.45, 2.75) is 0 Å². The second-order valence-corrected chi connectivity index (χ2v) is 5.19. The Morgan fingerprint density at radius 3 is 2.81 bits per heavy atom. The van der Waals surface area contributed by atoms with Gasteiger partial charge in [-0.1, -0.05) is 12.1 Å². The topological polar surface area (TPSA) is 45.5 Å². The van der Waals surface area contributed by atoms with Crippen molar-refractivity contribution in [3.05, 3.63) is 48.8 Å². The molecule has 5 heteroatoms. The number of imidazole rings is 1. The predicted octanol–water partition coefficient (Wildman–Crippen LogP) is 1.81. The first-order chi connectivity index (χ1) is 10.4. The van der Waals surface area contributed by atoms with E-state index in [0.29, 0.717) is 0 Å². The quantitative estimate of drug-likeness (QED) is 0.777. The van der Waals surface area contributed by atoms with Crippen LogP contribution in [0.2, 0.25) is 0 Å². The van der Waals surface area contributed by atoms with E-state index in [9.17, 15) is 0 Å². The highest BCUT2D eigenvalue weighted by atomic mass is 15.2. The minimum absolute atomic E-state index is 0.946. The molecule has 1 aliphatic heterocycles. The Morgan fingerprint density at radius 1 is 1.00 bits per heavy atom. The van der Waals surface area contributed by atoms with Gasteiger partial charge < -0.3 is 10.2 Å². The average molecular weight is 279 g/mol. The number of nitrogens with zero attached hydrogens (tertiary/aromatic N) is 4. The number of anilines is 1. The van der Waals surface area contributed by atoms with Crippen LogP contribution in [0.15, 0.2) is 48.8 Å². The van der Waals surface area contributed by atoms with Crippen molar-refractivity contribution in [1.82, 2.24) is 19.7 Å². The van der Waals surface area contributed by atoms with E-state index in [2.05, 4.69) is 31.7 Å². The number of fused-ring (bicyclic) bond motifs is 1. The molecule has 21 heavy (non-hydrogen) atoms. The minimum Gasteiger partial charge on any atom is -0.354 e. The van der Waals surface area contributed by atoms with Crippen LogP contribution in [-0.4, -0.2) is 40.5 Å². The molecule has 5 nitrogen and oxygen atoms in total. The first-order valence-electron chi connectivity index (χ1n) is 7.27. The third-order valence-corrected chi connectivity index (χ3v) is 3.85. The van der Waals surface area contributed by atoms with Crippen molar-refractivity contribution < 1.29 is 0 Å². The van der Waals surface area contributed by atoms with E-state index in [4.69, 9.17) is 4.98 Å². The van der Waals surface area contributed by atoms with Crippen LogP contribution < -0.4 is 10.2 Å². The Bertz CT molecular complexity index is 758. The van der Waals surface area contributed by atoms with Crippen LogP contribution in [0.1, 0.15) is 0 Å². The highest BCUT2D eigenvalue weighted by molar-refractivity contribution is 5.62. The number of piperazine rings is 1. The van der Waals surface area contributed by atoms with Gasteiger partial charge in [0.05, 0.1) is 17.6 Å². The molecule has 0 atom stereocenters. The van der Waals surface area contributed by atoms with E-state index >= 15 is 0 Å². The van der Waals surface area contributed by atoms with E-state index in [0.717, 1.165) is 49.0 Å². The molecule has 1 saturated heterocycles. The van der Waals surface area contributed by atoms with Gasteiger partial charge in [-0.25, -0.2) is 9.97 Å². The molecule has 106 valence electrons. The van der Waals surface area contributed by atoms with Crippen LogP contribution in [-0.2, 0) is 0 Å². The number of nitrogens with one attached hydrogen (secondary N) is 1. The summed E-state index contributed by atoms with van der Waals surface area (Å²) < 4.78 is 2.07. The maximum atomic E-state index is 4.83. The number of hydrogen-bond acceptors (Lipinski definition) is 4. The summed E-state index contributed by atoms with van der Waals surface area (Å²) in [5, 5.41) is 3.37. The Morgan fingerprint density at radius 2 is 1.90 bits per heavy atom. The highest BCUT2D eigenvalue weighted by Crippen LogP contribution is 2.22. The van der Waals surface area contributed by atoms with Crippen molar-refractivity contribution >= 4 is 11.5 Å². The molecule has 0 aliphatic carbocycles. The lowest BCUT2D eigenvalue weighted by molar-refractivity contribution is 0.585. The molecule has 4 heterocycles. The third kappa shape index (κ3) is 2.25. The maximum Gasteiger partial charge on any atom is 0.137 e. The van der Waals surface area contributed by atoms with Crippen molar-refractivity contribution in [2.75, 3.05) is 31.1 Å². The normalized spacial score (nSPS) is 15.5. The standard InChI is InChI=1S/C16H17N5/c1-2-9-21-14(12-18-15(21)5-1)13-4-3-6-16(19-13)20-10-7-17-8-11-20/h1-6,9,12,17H,7-8,10-11H2. The Balaban J connectivity index is 1.75. The van der Waals surface area contributed by atoms with Gasteiger partial charge in [0, 0.05) is 32.4 Å². The van der Waals surface area contributed by atoms with E-state index in [1.54, 1.807) is 0 Å². The zero-order valence-electron chi connectivity index (χ0n) is 11.7. The third-order valence-electron chi connectivity index (χ3n) is 3.85. The minimum atomic E-state index is 0.946. The molecule has 4 rings (SSSR count). The van der Waals surface area contributed by atoms with Crippen molar-refractivity contribution in [3.63, 3.8) is 0 Å². The molecule has 0 bridgehead atoms. The molecular weight excluding hydrogens is 262 g/mol. The van der Waals surface area contributed by atoms with Crippen molar-refractivity contribution in [2.24, 2.45) is 0 Å². The smallest absolute Gasteiger partial charge is 0.137 e. The summed E-state index contributed by atoms with van der Waals surface area (Å²) in [6.45, 7) is 4.04. The van der Waals surface area contributed by atoms with Gasteiger partial charge >= 0.3 is 0 Å². The van der Waals surface area contributed by atoms with Crippen LogP contribution in [0, 0.1) is 0 Å². The average Bonchev–Trinajstić information content (AvgIpc) is 3.00. The fourth-order valence-corrected chi connectivity index (χ4v) is 2.76. The van der Waals surface area contributed by atoms with E-state index in [1.807, 2.05) is 36.7 Å². The first kappa shape index (κ1) is 12.3. The molecule has 1 fully saturated rings. The molecule has 0 amide bonds. The fourth-order valence-electron chi connectivity index (χ4n) is 2.76. The Hall–Kier alpha value is -2.40. The molecule has 3 aromatic rings. The SMILES string of the molecule is c1cc(-c2cnc3ccccn23)nc(N2CCNCC2)c1. The molecular formula is C16H17N5. The molecule has 0 aromatic carbocycles. The maximum absolute atomic E-state index is 4.83. The van der Waals surface area contributed by atoms with E-state index < -0.39 is 0 Å². The van der Waals surface area contributed by atoms with Crippen LogP contribution in [0.4, 0.5) is 5.82 Å². The molecule has 0 saturated carbocycles. The lowest BCUT2D eigenvalue weighted by atomic mass is 10.2. The van der Waals surface area contributed by atoms with Gasteiger partial charge in [-0.15, -0.1) is 0 Å². The number of pyridine rings is 2. The van der Waals surface area contributed by atoms with Gasteiger partial charge in [-0.05, 0) is 24.3 Å². The van der Waals surface area contributed by atoms with Crippen molar-refractivity contribution in [1.29, 1.82) is 0 Å². The lowest BCUT2D eigenvalue weighted by Crippen LogP contribution is -2.43. The van der Waals surface area contributed by atoms with Gasteiger partial charge in [0.25, 0.3) is 0 Å². The number of aromatic nitrogens is 3. The summed E-state index contributed by atoms with van der Waals surface area (Å²) in [7, 11) is 0. The second-order valence-electron chi connectivity index (χ2n) is 5.19. The molecule has 1 N–H and O–H groups in total. The summed E-state index contributed by atoms with van der Waals surface area (Å²) >= 11 is 0. The number of rotatable bonds is 2. The van der Waals surface area contributed by atoms with Gasteiger partial charge in [0.15, 0.2) is 0 Å². The summed E-state index contributed by atoms with van der Waals surface area (Å²) in [4.78, 5) is 11.6. The van der Waals surface area contributed by atoms with Gasteiger partial charge in [0.2, 0.25) is 0 Å². The van der Waals surface area contributed by atoms with Gasteiger partial charge in [-0.2, -0.15) is 0 Å². The highest BCUT2D eigenvalue weighted by Gasteiger charge is 2.13. The van der Waals surface area contributed by atoms with Crippen LogP contribution in [0.25, 0.3) is 17.0 Å². The second kappa shape index (κ2) is 5.18. The predicted molar refractivity (Wildman–Crippen MR) is 83.5 cm³/mol. The van der Waals surface area contributed by atoms with E-state index in [-0.39, 0.29) is 0 Å². The molecule has 1 aliphatic rings. The van der Waals surface area contributed by atoms with Gasteiger partial charge in [0.1, 0.15) is 11.5 Å². The Kier molecular flexibility index (Phi) is 3.05. The van der Waals surface area contributed by atoms with Crippen LogP contribution >= 0.6 is 0 Å². The Labute approximate surface area is 123 Å². The summed E-state index contributed by atoms with van der Waals surface area (Å²) in [5.41, 5.74) is 2.94. The lowest BCUT2D eigenvalue weighted by Gasteiger charge is -2.28. The zero-order valence-corrected chi connectivity index (χ0v) is 11.7. The van der Waals surface area contributed by atoms with E-state index in [1.165, 1.54) is 0 Å². The molecule has 0 radical (unpaired) electrons. The van der Waals surface area contributed by atoms with Gasteiger partial charge in [-0.3, -0.25) is 4.40 Å². The molecule has 0 unspecified atom stereocenters. The van der Waals surface area contributed by atoms with Crippen LogP contribution in [0.3, 0.4) is 0 Å². The molecule has 3 aromatic heterocycles.